The summed E-state index contributed by atoms with van der Waals surface area (Å²) in [6.45, 7) is -0.0755. The van der Waals surface area contributed by atoms with Gasteiger partial charge >= 0.3 is 5.97 Å². The number of carbonyl (C=O) groups excluding carboxylic acids is 2. The van der Waals surface area contributed by atoms with Crippen LogP contribution in [0.4, 0.5) is 0 Å². The molecule has 0 unspecified atom stereocenters. The molecule has 1 N–H and O–H groups in total. The standard InChI is InChI=1S/C17H16ClNO4/c1-22-14-8-6-12(7-9-14)17(21)23-11-16(20)19-10-13-4-2-3-5-15(13)18/h2-9H,10-11H2,1H3,(H,19,20). The SMILES string of the molecule is COc1ccc(C(=O)OCC(=O)NCc2ccccc2Cl)cc1. The van der Waals surface area contributed by atoms with Crippen LogP contribution >= 0.6 is 11.6 Å². The summed E-state index contributed by atoms with van der Waals surface area (Å²) in [5.41, 5.74) is 1.15. The molecular weight excluding hydrogens is 318 g/mol. The molecule has 0 aliphatic heterocycles. The average molecular weight is 334 g/mol. The molecule has 0 fully saturated rings. The van der Waals surface area contributed by atoms with Crippen LogP contribution in [0.1, 0.15) is 15.9 Å². The lowest BCUT2D eigenvalue weighted by molar-refractivity contribution is -0.124. The van der Waals surface area contributed by atoms with Crippen molar-refractivity contribution >= 4 is 23.5 Å². The smallest absolute Gasteiger partial charge is 0.338 e. The van der Waals surface area contributed by atoms with Crippen molar-refractivity contribution in [1.29, 1.82) is 0 Å². The molecule has 0 saturated heterocycles. The van der Waals surface area contributed by atoms with Crippen molar-refractivity contribution in [2.75, 3.05) is 13.7 Å². The van der Waals surface area contributed by atoms with Crippen LogP contribution in [0, 0.1) is 0 Å². The predicted octanol–water partition coefficient (Wildman–Crippen LogP) is 2.82. The molecule has 0 saturated carbocycles. The fourth-order valence-corrected chi connectivity index (χ4v) is 2.03. The molecule has 1 amide bonds. The predicted molar refractivity (Wildman–Crippen MR) is 86.6 cm³/mol. The Balaban J connectivity index is 1.79. The number of hydrogen-bond acceptors (Lipinski definition) is 4. The number of benzene rings is 2. The Morgan fingerprint density at radius 1 is 1.09 bits per heavy atom. The third-order valence-electron chi connectivity index (χ3n) is 3.09. The van der Waals surface area contributed by atoms with Gasteiger partial charge in [-0.25, -0.2) is 4.79 Å². The molecule has 2 aromatic carbocycles. The molecule has 6 heteroatoms. The van der Waals surface area contributed by atoms with Crippen molar-refractivity contribution in [3.05, 3.63) is 64.7 Å². The molecular formula is C17H16ClNO4. The summed E-state index contributed by atoms with van der Waals surface area (Å²) in [5, 5.41) is 3.22. The Kier molecular flexibility index (Phi) is 6.00. The van der Waals surface area contributed by atoms with Crippen molar-refractivity contribution in [2.45, 2.75) is 6.54 Å². The van der Waals surface area contributed by atoms with Gasteiger partial charge in [-0.1, -0.05) is 29.8 Å². The molecule has 23 heavy (non-hydrogen) atoms. The summed E-state index contributed by atoms with van der Waals surface area (Å²) in [6, 6.07) is 13.6. The van der Waals surface area contributed by atoms with Gasteiger partial charge < -0.3 is 14.8 Å². The van der Waals surface area contributed by atoms with E-state index < -0.39 is 11.9 Å². The summed E-state index contributed by atoms with van der Waals surface area (Å²) >= 11 is 5.99. The van der Waals surface area contributed by atoms with E-state index in [0.29, 0.717) is 16.3 Å². The summed E-state index contributed by atoms with van der Waals surface area (Å²) in [5.74, 6) is -0.327. The van der Waals surface area contributed by atoms with Gasteiger partial charge in [0.05, 0.1) is 12.7 Å². The topological polar surface area (TPSA) is 64.6 Å². The van der Waals surface area contributed by atoms with Gasteiger partial charge in [0.2, 0.25) is 0 Å². The Labute approximate surface area is 139 Å². The number of methoxy groups -OCH3 is 1. The summed E-state index contributed by atoms with van der Waals surface area (Å²) in [4.78, 5) is 23.5. The van der Waals surface area contributed by atoms with Crippen molar-refractivity contribution in [3.8, 4) is 5.75 Å². The summed E-state index contributed by atoms with van der Waals surface area (Å²) < 4.78 is 9.96. The van der Waals surface area contributed by atoms with E-state index in [4.69, 9.17) is 21.1 Å². The van der Waals surface area contributed by atoms with E-state index in [1.165, 1.54) is 7.11 Å². The number of hydrogen-bond donors (Lipinski definition) is 1. The highest BCUT2D eigenvalue weighted by Crippen LogP contribution is 2.14. The zero-order valence-corrected chi connectivity index (χ0v) is 13.3. The molecule has 2 aromatic rings. The molecule has 0 heterocycles. The number of carbonyl (C=O) groups is 2. The van der Waals surface area contributed by atoms with Gasteiger partial charge in [-0.05, 0) is 35.9 Å². The molecule has 0 bridgehead atoms. The average Bonchev–Trinajstić information content (AvgIpc) is 2.59. The lowest BCUT2D eigenvalue weighted by atomic mass is 10.2. The fourth-order valence-electron chi connectivity index (χ4n) is 1.83. The minimum atomic E-state index is -0.569. The van der Waals surface area contributed by atoms with Gasteiger partial charge in [0.1, 0.15) is 5.75 Å². The van der Waals surface area contributed by atoms with Crippen LogP contribution < -0.4 is 10.1 Å². The monoisotopic (exact) mass is 333 g/mol. The molecule has 0 atom stereocenters. The van der Waals surface area contributed by atoms with Crippen LogP contribution in [-0.4, -0.2) is 25.6 Å². The van der Waals surface area contributed by atoms with Crippen LogP contribution in [0.15, 0.2) is 48.5 Å². The van der Waals surface area contributed by atoms with Crippen molar-refractivity contribution in [2.24, 2.45) is 0 Å². The normalized spacial score (nSPS) is 10.0. The first-order valence-electron chi connectivity index (χ1n) is 6.91. The van der Waals surface area contributed by atoms with Crippen LogP contribution in [0.25, 0.3) is 0 Å². The number of ether oxygens (including phenoxy) is 2. The third-order valence-corrected chi connectivity index (χ3v) is 3.46. The minimum Gasteiger partial charge on any atom is -0.497 e. The Morgan fingerprint density at radius 2 is 1.78 bits per heavy atom. The second-order valence-corrected chi connectivity index (χ2v) is 5.08. The van der Waals surface area contributed by atoms with E-state index in [1.54, 1.807) is 30.3 Å². The van der Waals surface area contributed by atoms with Crippen molar-refractivity contribution in [3.63, 3.8) is 0 Å². The molecule has 0 radical (unpaired) electrons. The van der Waals surface area contributed by atoms with E-state index in [2.05, 4.69) is 5.32 Å². The molecule has 0 aliphatic rings. The quantitative estimate of drug-likeness (QED) is 0.826. The van der Waals surface area contributed by atoms with Crippen molar-refractivity contribution < 1.29 is 19.1 Å². The molecule has 0 spiro atoms. The first kappa shape index (κ1) is 16.8. The first-order chi connectivity index (χ1) is 11.1. The van der Waals surface area contributed by atoms with Gasteiger partial charge in [-0.2, -0.15) is 0 Å². The van der Waals surface area contributed by atoms with Gasteiger partial charge in [0, 0.05) is 11.6 Å². The zero-order valence-electron chi connectivity index (χ0n) is 12.5. The Bertz CT molecular complexity index is 685. The highest BCUT2D eigenvalue weighted by molar-refractivity contribution is 6.31. The number of esters is 1. The number of halogens is 1. The van der Waals surface area contributed by atoms with Crippen LogP contribution in [-0.2, 0) is 16.1 Å². The van der Waals surface area contributed by atoms with Crippen molar-refractivity contribution in [1.82, 2.24) is 5.32 Å². The second kappa shape index (κ2) is 8.19. The fraction of sp³-hybridized carbons (Fsp3) is 0.176. The Morgan fingerprint density at radius 3 is 2.43 bits per heavy atom. The number of nitrogens with one attached hydrogen (secondary N) is 1. The molecule has 0 aromatic heterocycles. The molecule has 0 aliphatic carbocycles. The maximum atomic E-state index is 11.8. The van der Waals surface area contributed by atoms with Gasteiger partial charge in [0.15, 0.2) is 6.61 Å². The number of amides is 1. The summed E-state index contributed by atoms with van der Waals surface area (Å²) in [7, 11) is 1.54. The third kappa shape index (κ3) is 5.00. The van der Waals surface area contributed by atoms with E-state index >= 15 is 0 Å². The maximum Gasteiger partial charge on any atom is 0.338 e. The van der Waals surface area contributed by atoms with Crippen LogP contribution in [0.2, 0.25) is 5.02 Å². The van der Waals surface area contributed by atoms with Gasteiger partial charge in [0.25, 0.3) is 5.91 Å². The first-order valence-corrected chi connectivity index (χ1v) is 7.29. The molecule has 120 valence electrons. The van der Waals surface area contributed by atoms with Crippen LogP contribution in [0.5, 0.6) is 5.75 Å². The molecule has 5 nitrogen and oxygen atoms in total. The lowest BCUT2D eigenvalue weighted by Crippen LogP contribution is -2.28. The van der Waals surface area contributed by atoms with Gasteiger partial charge in [-0.3, -0.25) is 4.79 Å². The van der Waals surface area contributed by atoms with Gasteiger partial charge in [-0.15, -0.1) is 0 Å². The summed E-state index contributed by atoms with van der Waals surface area (Å²) in [6.07, 6.45) is 0. The zero-order chi connectivity index (χ0) is 16.7. The minimum absolute atomic E-state index is 0.276. The van der Waals surface area contributed by atoms with E-state index in [-0.39, 0.29) is 13.2 Å². The highest BCUT2D eigenvalue weighted by atomic mass is 35.5. The van der Waals surface area contributed by atoms with E-state index in [0.717, 1.165) is 5.56 Å². The lowest BCUT2D eigenvalue weighted by Gasteiger charge is -2.08. The largest absolute Gasteiger partial charge is 0.497 e. The Hall–Kier alpha value is -2.53. The molecule has 2 rings (SSSR count). The van der Waals surface area contributed by atoms with E-state index in [9.17, 15) is 9.59 Å². The number of rotatable bonds is 6. The highest BCUT2D eigenvalue weighted by Gasteiger charge is 2.10. The van der Waals surface area contributed by atoms with E-state index in [1.807, 2.05) is 18.2 Å². The van der Waals surface area contributed by atoms with Crippen LogP contribution in [0.3, 0.4) is 0 Å². The maximum absolute atomic E-state index is 11.8. The second-order valence-electron chi connectivity index (χ2n) is 4.67.